The van der Waals surface area contributed by atoms with Gasteiger partial charge in [-0.15, -0.1) is 4.39 Å². The van der Waals surface area contributed by atoms with E-state index >= 15 is 0 Å². The van der Waals surface area contributed by atoms with Crippen molar-refractivity contribution in [3.05, 3.63) is 30.3 Å². The number of halogens is 1. The first-order valence-electron chi connectivity index (χ1n) is 5.97. The standard InChI is InChI=1S/C12H18FN2O2PS2/c1-10(2)17-18(4,19)15(20-14(3)12(13)16)11-8-6-5-7-9-11/h5-10H,1-4H3. The highest BCUT2D eigenvalue weighted by molar-refractivity contribution is 8.20. The molecule has 0 bridgehead atoms. The second kappa shape index (κ2) is 7.41. The lowest BCUT2D eigenvalue weighted by Crippen LogP contribution is -2.23. The Bertz CT molecular complexity index is 501. The average Bonchev–Trinajstić information content (AvgIpc) is 2.34. The van der Waals surface area contributed by atoms with Crippen LogP contribution in [0.2, 0.25) is 0 Å². The van der Waals surface area contributed by atoms with E-state index < -0.39 is 12.6 Å². The third kappa shape index (κ3) is 5.05. The van der Waals surface area contributed by atoms with Crippen LogP contribution in [0.4, 0.5) is 14.9 Å². The number of hydrogen-bond donors (Lipinski definition) is 0. The predicted octanol–water partition coefficient (Wildman–Crippen LogP) is 4.44. The average molecular weight is 336 g/mol. The number of rotatable bonds is 6. The van der Waals surface area contributed by atoms with Crippen LogP contribution in [0.15, 0.2) is 30.3 Å². The summed E-state index contributed by atoms with van der Waals surface area (Å²) in [6.07, 6.45) is -3.99. The molecule has 0 saturated carbocycles. The van der Waals surface area contributed by atoms with E-state index in [0.717, 1.165) is 22.1 Å². The van der Waals surface area contributed by atoms with Gasteiger partial charge in [-0.1, -0.05) is 18.2 Å². The molecule has 112 valence electrons. The number of carbonyl (C=O) groups is 1. The molecule has 1 atom stereocenters. The van der Waals surface area contributed by atoms with E-state index in [0.29, 0.717) is 0 Å². The van der Waals surface area contributed by atoms with E-state index in [2.05, 4.69) is 0 Å². The minimum Gasteiger partial charge on any atom is -0.331 e. The number of para-hydroxylation sites is 1. The molecular formula is C12H18FN2O2PS2. The number of carbonyl (C=O) groups excluding carboxylic acids is 1. The van der Waals surface area contributed by atoms with Gasteiger partial charge in [0, 0.05) is 13.7 Å². The number of anilines is 1. The number of benzene rings is 1. The molecule has 0 aliphatic heterocycles. The van der Waals surface area contributed by atoms with Gasteiger partial charge in [0.05, 0.1) is 23.9 Å². The quantitative estimate of drug-likeness (QED) is 0.332. The molecule has 1 aromatic carbocycles. The summed E-state index contributed by atoms with van der Waals surface area (Å²) in [6.45, 7) is 5.59. The molecule has 1 amide bonds. The molecule has 0 radical (unpaired) electrons. The van der Waals surface area contributed by atoms with Crippen molar-refractivity contribution in [2.24, 2.45) is 0 Å². The van der Waals surface area contributed by atoms with Gasteiger partial charge in [0.25, 0.3) is 0 Å². The topological polar surface area (TPSA) is 32.8 Å². The van der Waals surface area contributed by atoms with Gasteiger partial charge in [-0.2, -0.15) is 0 Å². The van der Waals surface area contributed by atoms with Crippen molar-refractivity contribution in [1.29, 1.82) is 0 Å². The minimum absolute atomic E-state index is 0.0518. The zero-order valence-corrected chi connectivity index (χ0v) is 14.3. The van der Waals surface area contributed by atoms with Gasteiger partial charge in [-0.3, -0.25) is 0 Å². The van der Waals surface area contributed by atoms with E-state index in [4.69, 9.17) is 16.3 Å². The highest BCUT2D eigenvalue weighted by atomic mass is 32.5. The third-order valence-corrected chi connectivity index (χ3v) is 6.83. The molecule has 0 heterocycles. The fourth-order valence-corrected chi connectivity index (χ4v) is 5.44. The van der Waals surface area contributed by atoms with Gasteiger partial charge in [0.15, 0.2) is 6.42 Å². The minimum atomic E-state index is -2.41. The Labute approximate surface area is 128 Å². The van der Waals surface area contributed by atoms with Crippen molar-refractivity contribution in [1.82, 2.24) is 4.31 Å². The largest absolute Gasteiger partial charge is 0.411 e. The Hall–Kier alpha value is -0.620. The van der Waals surface area contributed by atoms with Gasteiger partial charge in [0.2, 0.25) is 0 Å². The van der Waals surface area contributed by atoms with Gasteiger partial charge in [-0.25, -0.2) is 13.2 Å². The van der Waals surface area contributed by atoms with Crippen molar-refractivity contribution >= 4 is 42.2 Å². The normalized spacial score (nSPS) is 13.9. The smallest absolute Gasteiger partial charge is 0.331 e. The Balaban J connectivity index is 3.08. The maximum Gasteiger partial charge on any atom is 0.411 e. The summed E-state index contributed by atoms with van der Waals surface area (Å²) in [5.74, 6) is 0. The fourth-order valence-electron chi connectivity index (χ4n) is 1.46. The summed E-state index contributed by atoms with van der Waals surface area (Å²) in [5.41, 5.74) is 0.775. The van der Waals surface area contributed by atoms with Crippen LogP contribution < -0.4 is 4.08 Å². The summed E-state index contributed by atoms with van der Waals surface area (Å²) in [6, 6.07) is 9.27. The van der Waals surface area contributed by atoms with Crippen molar-refractivity contribution in [3.63, 3.8) is 0 Å². The Morgan fingerprint density at radius 2 is 1.95 bits per heavy atom. The summed E-state index contributed by atoms with van der Waals surface area (Å²) in [5, 5.41) is 0. The summed E-state index contributed by atoms with van der Waals surface area (Å²) in [7, 11) is 1.35. The van der Waals surface area contributed by atoms with E-state index in [1.807, 2.05) is 44.2 Å². The number of hydrogen-bond acceptors (Lipinski definition) is 4. The molecule has 0 N–H and O–H groups in total. The molecule has 1 unspecified atom stereocenters. The van der Waals surface area contributed by atoms with Crippen molar-refractivity contribution in [2.75, 3.05) is 17.8 Å². The van der Waals surface area contributed by atoms with Crippen LogP contribution in [0.1, 0.15) is 13.8 Å². The lowest BCUT2D eigenvalue weighted by molar-refractivity contribution is 0.209. The molecule has 1 rings (SSSR count). The second-order valence-corrected chi connectivity index (χ2v) is 9.99. The molecule has 0 saturated heterocycles. The van der Waals surface area contributed by atoms with Gasteiger partial charge in [-0.05, 0) is 37.8 Å². The van der Waals surface area contributed by atoms with Gasteiger partial charge >= 0.3 is 6.16 Å². The highest BCUT2D eigenvalue weighted by Crippen LogP contribution is 2.55. The first-order chi connectivity index (χ1) is 9.24. The highest BCUT2D eigenvalue weighted by Gasteiger charge is 2.27. The zero-order chi connectivity index (χ0) is 15.3. The van der Waals surface area contributed by atoms with Gasteiger partial charge in [0.1, 0.15) is 0 Å². The molecule has 0 aliphatic rings. The number of nitrogens with zero attached hydrogens (tertiary/aromatic N) is 2. The lowest BCUT2D eigenvalue weighted by Gasteiger charge is -2.34. The Morgan fingerprint density at radius 1 is 1.40 bits per heavy atom. The van der Waals surface area contributed by atoms with Crippen LogP contribution in [-0.2, 0) is 16.3 Å². The Morgan fingerprint density at radius 3 is 2.40 bits per heavy atom. The molecule has 8 heteroatoms. The summed E-state index contributed by atoms with van der Waals surface area (Å²) in [4.78, 5) is 10.8. The van der Waals surface area contributed by atoms with E-state index in [9.17, 15) is 9.18 Å². The first kappa shape index (κ1) is 17.4. The first-order valence-corrected chi connectivity index (χ1v) is 9.82. The van der Waals surface area contributed by atoms with E-state index in [1.165, 1.54) is 7.05 Å². The van der Waals surface area contributed by atoms with Crippen molar-refractivity contribution in [2.45, 2.75) is 20.0 Å². The van der Waals surface area contributed by atoms with Crippen LogP contribution >= 0.6 is 18.5 Å². The van der Waals surface area contributed by atoms with Gasteiger partial charge < -0.3 is 4.52 Å². The Kier molecular flexibility index (Phi) is 6.45. The van der Waals surface area contributed by atoms with Crippen LogP contribution in [-0.4, -0.2) is 30.3 Å². The third-order valence-electron chi connectivity index (χ3n) is 2.16. The van der Waals surface area contributed by atoms with Crippen LogP contribution in [0, 0.1) is 0 Å². The SMILES string of the molecule is CC(C)OP(C)(=S)N(SN(C)C(=O)F)c1ccccc1. The van der Waals surface area contributed by atoms with Crippen LogP contribution in [0.3, 0.4) is 0 Å². The number of amides is 1. The predicted molar refractivity (Wildman–Crippen MR) is 87.2 cm³/mol. The van der Waals surface area contributed by atoms with Crippen molar-refractivity contribution < 1.29 is 13.7 Å². The maximum atomic E-state index is 12.8. The van der Waals surface area contributed by atoms with Crippen LogP contribution in [0.25, 0.3) is 0 Å². The molecule has 4 nitrogen and oxygen atoms in total. The molecule has 0 aliphatic carbocycles. The molecule has 1 aromatic rings. The summed E-state index contributed by atoms with van der Waals surface area (Å²) >= 11 is 6.48. The summed E-state index contributed by atoms with van der Waals surface area (Å²) < 4.78 is 21.2. The van der Waals surface area contributed by atoms with E-state index in [-0.39, 0.29) is 6.10 Å². The lowest BCUT2D eigenvalue weighted by atomic mass is 10.3. The zero-order valence-electron chi connectivity index (χ0n) is 11.8. The fraction of sp³-hybridized carbons (Fsp3) is 0.417. The maximum absolute atomic E-state index is 12.8. The van der Waals surface area contributed by atoms with Crippen LogP contribution in [0.5, 0.6) is 0 Å². The van der Waals surface area contributed by atoms with E-state index in [1.54, 1.807) is 10.7 Å². The second-order valence-electron chi connectivity index (χ2n) is 4.40. The monoisotopic (exact) mass is 336 g/mol. The molecule has 20 heavy (non-hydrogen) atoms. The molecule has 0 fully saturated rings. The molecule has 0 spiro atoms. The molecule has 0 aromatic heterocycles. The molecular weight excluding hydrogens is 318 g/mol. The van der Waals surface area contributed by atoms with Crippen molar-refractivity contribution in [3.8, 4) is 0 Å².